The molecule has 33 heavy (non-hydrogen) atoms. The van der Waals surface area contributed by atoms with Crippen LogP contribution in [0.4, 0.5) is 17.3 Å². The molecule has 1 saturated carbocycles. The summed E-state index contributed by atoms with van der Waals surface area (Å²) in [5, 5.41) is 16.9. The first kappa shape index (κ1) is 19.5. The van der Waals surface area contributed by atoms with Crippen LogP contribution >= 0.6 is 0 Å². The zero-order chi connectivity index (χ0) is 22.5. The minimum absolute atomic E-state index is 0.00218. The first-order valence-electron chi connectivity index (χ1n) is 11.0. The van der Waals surface area contributed by atoms with Gasteiger partial charge in [-0.2, -0.15) is 5.26 Å². The summed E-state index contributed by atoms with van der Waals surface area (Å²) < 4.78 is 6.08. The molecule has 2 aliphatic rings. The second-order valence-electron chi connectivity index (χ2n) is 8.45. The van der Waals surface area contributed by atoms with Gasteiger partial charge in [-0.25, -0.2) is 15.0 Å². The van der Waals surface area contributed by atoms with E-state index in [1.165, 1.54) is 0 Å². The molecule has 2 N–H and O–H groups in total. The van der Waals surface area contributed by atoms with Crippen LogP contribution in [-0.2, 0) is 4.79 Å². The highest BCUT2D eigenvalue weighted by molar-refractivity contribution is 6.03. The molecule has 0 radical (unpaired) electrons. The maximum Gasteiger partial charge on any atom is 0.229 e. The number of nitrogens with zero attached hydrogens (tertiary/aromatic N) is 5. The van der Waals surface area contributed by atoms with Crippen molar-refractivity contribution in [2.75, 3.05) is 29.1 Å². The van der Waals surface area contributed by atoms with E-state index < -0.39 is 0 Å². The smallest absolute Gasteiger partial charge is 0.229 e. The number of rotatable bonds is 5. The Hall–Kier alpha value is -4.19. The molecular formula is C24H21N7O2. The molecule has 1 saturated heterocycles. The average Bonchev–Trinajstić information content (AvgIpc) is 3.57. The Kier molecular flexibility index (Phi) is 4.40. The maximum absolute atomic E-state index is 12.2. The van der Waals surface area contributed by atoms with Gasteiger partial charge in [-0.3, -0.25) is 4.79 Å². The number of carbonyl (C=O) groups is 1. The second kappa shape index (κ2) is 7.45. The Morgan fingerprint density at radius 2 is 2.06 bits per heavy atom. The number of amides is 1. The van der Waals surface area contributed by atoms with Gasteiger partial charge >= 0.3 is 0 Å². The molecule has 1 aliphatic carbocycles. The topological polar surface area (TPSA) is 120 Å². The standard InChI is InChI=1S/C24H21N7O2/c1-26-22-17-11-27-21(30-23(32)13-2-3-13)9-16(17)18(12-28-22)24-29-19-8-14(4-5-20(19)33-24)31-7-6-15(31)10-25/h4-5,8-9,11-13,15H,2-3,6-7H2,1H3,(H,26,28)(H,27,30,32)/t15-/m0/s1. The molecule has 0 bridgehead atoms. The van der Waals surface area contributed by atoms with Gasteiger partial charge < -0.3 is 20.0 Å². The molecule has 0 unspecified atom stereocenters. The van der Waals surface area contributed by atoms with Crippen molar-refractivity contribution in [3.8, 4) is 17.5 Å². The third kappa shape index (κ3) is 3.31. The van der Waals surface area contributed by atoms with E-state index in [-0.39, 0.29) is 17.9 Å². The zero-order valence-electron chi connectivity index (χ0n) is 18.0. The lowest BCUT2D eigenvalue weighted by atomic mass is 10.0. The van der Waals surface area contributed by atoms with Crippen molar-refractivity contribution < 1.29 is 9.21 Å². The van der Waals surface area contributed by atoms with E-state index >= 15 is 0 Å². The molecule has 0 spiro atoms. The molecule has 2 fully saturated rings. The average molecular weight is 439 g/mol. The van der Waals surface area contributed by atoms with Crippen molar-refractivity contribution in [2.45, 2.75) is 25.3 Å². The summed E-state index contributed by atoms with van der Waals surface area (Å²) in [6, 6.07) is 9.86. The van der Waals surface area contributed by atoms with E-state index in [4.69, 9.17) is 9.40 Å². The van der Waals surface area contributed by atoms with Gasteiger partial charge in [0, 0.05) is 48.4 Å². The highest BCUT2D eigenvalue weighted by Gasteiger charge is 2.30. The summed E-state index contributed by atoms with van der Waals surface area (Å²) in [7, 11) is 1.80. The molecule has 1 aliphatic heterocycles. The van der Waals surface area contributed by atoms with Crippen LogP contribution in [0, 0.1) is 17.2 Å². The van der Waals surface area contributed by atoms with Crippen LogP contribution in [0.25, 0.3) is 33.3 Å². The van der Waals surface area contributed by atoms with Gasteiger partial charge in [-0.15, -0.1) is 0 Å². The molecule has 3 aromatic heterocycles. The van der Waals surface area contributed by atoms with Crippen molar-refractivity contribution in [3.05, 3.63) is 36.7 Å². The lowest BCUT2D eigenvalue weighted by Crippen LogP contribution is -2.46. The number of fused-ring (bicyclic) bond motifs is 2. The van der Waals surface area contributed by atoms with Gasteiger partial charge in [0.15, 0.2) is 5.58 Å². The van der Waals surface area contributed by atoms with E-state index in [9.17, 15) is 10.1 Å². The van der Waals surface area contributed by atoms with Crippen LogP contribution in [0.3, 0.4) is 0 Å². The lowest BCUT2D eigenvalue weighted by molar-refractivity contribution is -0.117. The quantitative estimate of drug-likeness (QED) is 0.480. The van der Waals surface area contributed by atoms with Crippen LogP contribution in [0.15, 0.2) is 41.1 Å². The molecule has 164 valence electrons. The van der Waals surface area contributed by atoms with Crippen molar-refractivity contribution in [2.24, 2.45) is 5.92 Å². The summed E-state index contributed by atoms with van der Waals surface area (Å²) in [6.45, 7) is 0.858. The van der Waals surface area contributed by atoms with Gasteiger partial charge in [0.25, 0.3) is 0 Å². The zero-order valence-corrected chi connectivity index (χ0v) is 18.0. The van der Waals surface area contributed by atoms with E-state index in [0.717, 1.165) is 42.3 Å². The number of aromatic nitrogens is 3. The fourth-order valence-electron chi connectivity index (χ4n) is 4.19. The predicted octanol–water partition coefficient (Wildman–Crippen LogP) is 3.93. The van der Waals surface area contributed by atoms with Crippen LogP contribution in [0.5, 0.6) is 0 Å². The third-order valence-corrected chi connectivity index (χ3v) is 6.31. The molecule has 4 aromatic rings. The Morgan fingerprint density at radius 3 is 2.79 bits per heavy atom. The van der Waals surface area contributed by atoms with Crippen LogP contribution < -0.4 is 15.5 Å². The fraction of sp³-hybridized carbons (Fsp3) is 0.292. The summed E-state index contributed by atoms with van der Waals surface area (Å²) in [6.07, 6.45) is 6.15. The molecule has 1 amide bonds. The summed E-state index contributed by atoms with van der Waals surface area (Å²) in [4.78, 5) is 27.9. The van der Waals surface area contributed by atoms with E-state index in [1.807, 2.05) is 24.3 Å². The highest BCUT2D eigenvalue weighted by atomic mass is 16.3. The SMILES string of the molecule is CNc1ncc(-c2nc3cc(N4CC[C@H]4C#N)ccc3o2)c2cc(NC(=O)C3CC3)ncc12. The van der Waals surface area contributed by atoms with Gasteiger partial charge in [0.2, 0.25) is 11.8 Å². The molecule has 1 aromatic carbocycles. The Labute approximate surface area is 189 Å². The lowest BCUT2D eigenvalue weighted by Gasteiger charge is -2.38. The number of hydrogen-bond acceptors (Lipinski definition) is 8. The first-order chi connectivity index (χ1) is 16.1. The fourth-order valence-corrected chi connectivity index (χ4v) is 4.19. The maximum atomic E-state index is 12.2. The van der Waals surface area contributed by atoms with E-state index in [0.29, 0.717) is 34.2 Å². The molecule has 9 heteroatoms. The van der Waals surface area contributed by atoms with E-state index in [2.05, 4.69) is 31.6 Å². The Bertz CT molecular complexity index is 1450. The monoisotopic (exact) mass is 439 g/mol. The molecule has 4 heterocycles. The number of pyridine rings is 2. The van der Waals surface area contributed by atoms with Gasteiger partial charge in [-0.1, -0.05) is 0 Å². The van der Waals surface area contributed by atoms with E-state index in [1.54, 1.807) is 19.4 Å². The molecule has 9 nitrogen and oxygen atoms in total. The number of carbonyl (C=O) groups excluding carboxylic acids is 1. The molecule has 1 atom stereocenters. The highest BCUT2D eigenvalue weighted by Crippen LogP contribution is 2.36. The minimum atomic E-state index is -0.0900. The van der Waals surface area contributed by atoms with Crippen LogP contribution in [-0.4, -0.2) is 40.5 Å². The predicted molar refractivity (Wildman–Crippen MR) is 125 cm³/mol. The van der Waals surface area contributed by atoms with Gasteiger partial charge in [0.1, 0.15) is 23.2 Å². The first-order valence-corrected chi connectivity index (χ1v) is 11.0. The number of oxazole rings is 1. The van der Waals surface area contributed by atoms with Crippen molar-refractivity contribution in [1.29, 1.82) is 5.26 Å². The minimum Gasteiger partial charge on any atom is -0.436 e. The Morgan fingerprint density at radius 1 is 1.18 bits per heavy atom. The largest absolute Gasteiger partial charge is 0.436 e. The normalized spacial score (nSPS) is 17.6. The number of nitrogens with one attached hydrogen (secondary N) is 2. The Balaban J connectivity index is 1.42. The summed E-state index contributed by atoms with van der Waals surface area (Å²) in [5.41, 5.74) is 3.05. The van der Waals surface area contributed by atoms with Crippen LogP contribution in [0.2, 0.25) is 0 Å². The molecular weight excluding hydrogens is 418 g/mol. The second-order valence-corrected chi connectivity index (χ2v) is 8.45. The summed E-state index contributed by atoms with van der Waals surface area (Å²) in [5.74, 6) is 1.70. The number of anilines is 3. The van der Waals surface area contributed by atoms with Crippen molar-refractivity contribution in [1.82, 2.24) is 15.0 Å². The number of benzene rings is 1. The van der Waals surface area contributed by atoms with Crippen molar-refractivity contribution in [3.63, 3.8) is 0 Å². The van der Waals surface area contributed by atoms with Crippen LogP contribution in [0.1, 0.15) is 19.3 Å². The van der Waals surface area contributed by atoms with Gasteiger partial charge in [0.05, 0.1) is 11.6 Å². The third-order valence-electron chi connectivity index (χ3n) is 6.31. The number of hydrogen-bond donors (Lipinski definition) is 2. The summed E-state index contributed by atoms with van der Waals surface area (Å²) >= 11 is 0. The number of nitriles is 1. The van der Waals surface area contributed by atoms with Gasteiger partial charge in [-0.05, 0) is 43.5 Å². The van der Waals surface area contributed by atoms with Crippen molar-refractivity contribution >= 4 is 45.1 Å². The molecule has 6 rings (SSSR count).